The quantitative estimate of drug-likeness (QED) is 0.183. The number of imide groups is 1. The maximum atomic E-state index is 12.8. The van der Waals surface area contributed by atoms with E-state index in [0.29, 0.717) is 18.6 Å². The van der Waals surface area contributed by atoms with Crippen molar-refractivity contribution in [1.82, 2.24) is 10.2 Å². The Balaban J connectivity index is 1.43. The van der Waals surface area contributed by atoms with Crippen molar-refractivity contribution in [3.63, 3.8) is 0 Å². The molecular formula is C23H33N2O7PS. The zero-order chi connectivity index (χ0) is 24.6. The molecule has 0 aliphatic carbocycles. The molecule has 188 valence electrons. The molecule has 2 fully saturated rings. The van der Waals surface area contributed by atoms with Crippen molar-refractivity contribution >= 4 is 37.3 Å². The lowest BCUT2D eigenvalue weighted by molar-refractivity contribution is -0.145. The van der Waals surface area contributed by atoms with E-state index >= 15 is 0 Å². The maximum absolute atomic E-state index is 12.8. The van der Waals surface area contributed by atoms with E-state index in [1.165, 1.54) is 4.90 Å². The van der Waals surface area contributed by atoms with E-state index in [4.69, 9.17) is 13.8 Å². The van der Waals surface area contributed by atoms with E-state index < -0.39 is 25.7 Å². The van der Waals surface area contributed by atoms with Crippen LogP contribution in [-0.2, 0) is 34.5 Å². The van der Waals surface area contributed by atoms with Crippen LogP contribution in [0.1, 0.15) is 45.1 Å². The summed E-state index contributed by atoms with van der Waals surface area (Å²) in [6.07, 6.45) is 2.22. The Hall–Kier alpha value is -1.87. The average Bonchev–Trinajstić information content (AvgIpc) is 3.33. The highest BCUT2D eigenvalue weighted by Gasteiger charge is 2.51. The van der Waals surface area contributed by atoms with Gasteiger partial charge in [0.15, 0.2) is 0 Å². The fraction of sp³-hybridized carbons (Fsp3) is 0.609. The number of hydrogen-bond acceptors (Lipinski definition) is 8. The van der Waals surface area contributed by atoms with Gasteiger partial charge in [0.25, 0.3) is 0 Å². The highest BCUT2D eigenvalue weighted by atomic mass is 32.2. The number of thioether (sulfide) groups is 1. The molecule has 11 heteroatoms. The monoisotopic (exact) mass is 512 g/mol. The lowest BCUT2D eigenvalue weighted by Crippen LogP contribution is -2.43. The first-order valence-electron chi connectivity index (χ1n) is 11.7. The van der Waals surface area contributed by atoms with E-state index in [1.54, 1.807) is 25.6 Å². The Labute approximate surface area is 204 Å². The van der Waals surface area contributed by atoms with E-state index in [2.05, 4.69) is 5.32 Å². The smallest absolute Gasteiger partial charge is 0.340 e. The van der Waals surface area contributed by atoms with Crippen LogP contribution in [-0.4, -0.2) is 65.3 Å². The molecule has 2 aliphatic heterocycles. The third-order valence-electron chi connectivity index (χ3n) is 5.75. The molecule has 2 aliphatic rings. The van der Waals surface area contributed by atoms with Crippen LogP contribution in [0.2, 0.25) is 0 Å². The van der Waals surface area contributed by atoms with Crippen LogP contribution in [0, 0.1) is 0 Å². The minimum absolute atomic E-state index is 0.151. The van der Waals surface area contributed by atoms with E-state index in [9.17, 15) is 18.9 Å². The summed E-state index contributed by atoms with van der Waals surface area (Å²) in [6, 6.07) is 8.64. The van der Waals surface area contributed by atoms with Crippen molar-refractivity contribution in [1.29, 1.82) is 0 Å². The molecule has 1 N–H and O–H groups in total. The molecule has 34 heavy (non-hydrogen) atoms. The fourth-order valence-electron chi connectivity index (χ4n) is 4.21. The number of carbonyl (C=O) groups excluding carboxylic acids is 3. The first-order valence-corrected chi connectivity index (χ1v) is 14.5. The number of urea groups is 1. The van der Waals surface area contributed by atoms with Crippen molar-refractivity contribution in [2.75, 3.05) is 25.1 Å². The van der Waals surface area contributed by atoms with Gasteiger partial charge in [-0.05, 0) is 32.3 Å². The van der Waals surface area contributed by atoms with Crippen molar-refractivity contribution in [3.8, 4) is 0 Å². The molecule has 3 atom stereocenters. The minimum Gasteiger partial charge on any atom is -0.461 e. The summed E-state index contributed by atoms with van der Waals surface area (Å²) in [5.74, 6) is -0.149. The highest BCUT2D eigenvalue weighted by Crippen LogP contribution is 2.48. The number of ether oxygens (including phenoxy) is 1. The number of benzene rings is 1. The van der Waals surface area contributed by atoms with Crippen LogP contribution in [0.15, 0.2) is 30.3 Å². The molecule has 0 radical (unpaired) electrons. The number of carbonyl (C=O) groups is 3. The normalized spacial score (nSPS) is 21.9. The van der Waals surface area contributed by atoms with E-state index in [1.807, 2.05) is 30.3 Å². The standard InChI is InChI=1S/C23H33N2O7PS/c1-3-31-33(29,32-4-2)15-20(26)25-18-16-34-19(22(18)24-23(25)28)12-8-9-13-21(27)30-14-17-10-6-5-7-11-17/h5-7,10-11,18-19,22H,3-4,8-9,12-16H2,1-2H3,(H,24,28)/t18-,19-,22-/m0/s1. The van der Waals surface area contributed by atoms with Gasteiger partial charge in [0.1, 0.15) is 12.8 Å². The number of esters is 1. The number of unbranched alkanes of at least 4 members (excludes halogenated alkanes) is 1. The van der Waals surface area contributed by atoms with Gasteiger partial charge in [-0.25, -0.2) is 4.79 Å². The predicted molar refractivity (Wildman–Crippen MR) is 130 cm³/mol. The largest absolute Gasteiger partial charge is 0.461 e. The van der Waals surface area contributed by atoms with Gasteiger partial charge in [-0.2, -0.15) is 11.8 Å². The van der Waals surface area contributed by atoms with Gasteiger partial charge in [-0.15, -0.1) is 0 Å². The number of rotatable bonds is 13. The maximum Gasteiger partial charge on any atom is 0.340 e. The van der Waals surface area contributed by atoms with Crippen LogP contribution < -0.4 is 5.32 Å². The second-order valence-corrected chi connectivity index (χ2v) is 11.5. The highest BCUT2D eigenvalue weighted by molar-refractivity contribution is 8.00. The Morgan fingerprint density at radius 2 is 1.85 bits per heavy atom. The molecule has 0 unspecified atom stereocenters. The van der Waals surface area contributed by atoms with Crippen LogP contribution in [0.5, 0.6) is 0 Å². The molecule has 3 rings (SSSR count). The van der Waals surface area contributed by atoms with Crippen molar-refractivity contribution in [3.05, 3.63) is 35.9 Å². The third kappa shape index (κ3) is 7.07. The summed E-state index contributed by atoms with van der Waals surface area (Å²) in [5.41, 5.74) is 0.958. The molecule has 1 aromatic rings. The number of nitrogens with zero attached hydrogens (tertiary/aromatic N) is 1. The summed E-state index contributed by atoms with van der Waals surface area (Å²) in [6.45, 7) is 3.93. The molecule has 2 heterocycles. The number of fused-ring (bicyclic) bond motifs is 1. The minimum atomic E-state index is -3.58. The van der Waals surface area contributed by atoms with Crippen LogP contribution in [0.25, 0.3) is 0 Å². The van der Waals surface area contributed by atoms with Crippen molar-refractivity contribution < 1.29 is 32.7 Å². The number of hydrogen-bond donors (Lipinski definition) is 1. The molecule has 0 bridgehead atoms. The molecule has 1 aromatic carbocycles. The predicted octanol–water partition coefficient (Wildman–Crippen LogP) is 3.96. The van der Waals surface area contributed by atoms with Gasteiger partial charge in [-0.3, -0.25) is 19.1 Å². The summed E-state index contributed by atoms with van der Waals surface area (Å²) >= 11 is 1.71. The number of nitrogens with one attached hydrogen (secondary N) is 1. The lowest BCUT2D eigenvalue weighted by Gasteiger charge is -2.23. The second kappa shape index (κ2) is 12.7. The average molecular weight is 513 g/mol. The molecular weight excluding hydrogens is 479 g/mol. The summed E-state index contributed by atoms with van der Waals surface area (Å²) in [4.78, 5) is 38.6. The van der Waals surface area contributed by atoms with Gasteiger partial charge < -0.3 is 19.1 Å². The van der Waals surface area contributed by atoms with Gasteiger partial charge >= 0.3 is 19.6 Å². The third-order valence-corrected chi connectivity index (χ3v) is 9.20. The first-order chi connectivity index (χ1) is 16.4. The van der Waals surface area contributed by atoms with Gasteiger partial charge in [0.2, 0.25) is 5.91 Å². The molecule has 3 amide bonds. The SMILES string of the molecule is CCOP(=O)(CC(=O)N1C(=O)N[C@@H]2[C@H](CCCCC(=O)OCc3ccccc3)SC[C@@H]21)OCC. The van der Waals surface area contributed by atoms with Crippen molar-refractivity contribution in [2.45, 2.75) is 63.5 Å². The molecule has 2 saturated heterocycles. The molecule has 0 saturated carbocycles. The van der Waals surface area contributed by atoms with E-state index in [-0.39, 0.29) is 43.1 Å². The lowest BCUT2D eigenvalue weighted by atomic mass is 10.0. The first kappa shape index (κ1) is 26.7. The molecule has 0 spiro atoms. The van der Waals surface area contributed by atoms with E-state index in [0.717, 1.165) is 18.4 Å². The molecule has 9 nitrogen and oxygen atoms in total. The van der Waals surface area contributed by atoms with Gasteiger partial charge in [-0.1, -0.05) is 36.8 Å². The van der Waals surface area contributed by atoms with Gasteiger partial charge in [0, 0.05) is 17.4 Å². The summed E-state index contributed by atoms with van der Waals surface area (Å²) in [5, 5.41) is 3.07. The molecule has 0 aromatic heterocycles. The Kier molecular flexibility index (Phi) is 10.0. The Morgan fingerprint density at radius 3 is 2.53 bits per heavy atom. The zero-order valence-corrected chi connectivity index (χ0v) is 21.4. The summed E-state index contributed by atoms with van der Waals surface area (Å²) < 4.78 is 28.5. The van der Waals surface area contributed by atoms with Gasteiger partial charge in [0.05, 0.1) is 25.3 Å². The topological polar surface area (TPSA) is 111 Å². The summed E-state index contributed by atoms with van der Waals surface area (Å²) in [7, 11) is -3.58. The van der Waals surface area contributed by atoms with Crippen LogP contribution >= 0.6 is 19.4 Å². The van der Waals surface area contributed by atoms with Crippen LogP contribution in [0.3, 0.4) is 0 Å². The zero-order valence-electron chi connectivity index (χ0n) is 19.6. The fourth-order valence-corrected chi connectivity index (χ4v) is 7.33. The second-order valence-electron chi connectivity index (χ2n) is 8.17. The van der Waals surface area contributed by atoms with Crippen molar-refractivity contribution in [2.24, 2.45) is 0 Å². The number of amides is 3. The van der Waals surface area contributed by atoms with Crippen LogP contribution in [0.4, 0.5) is 4.79 Å². The Morgan fingerprint density at radius 1 is 1.15 bits per heavy atom. The Bertz CT molecular complexity index is 891.